The number of hydrogen-bond donors (Lipinski definition) is 2. The molecule has 5 heteroatoms. The van der Waals surface area contributed by atoms with Crippen LogP contribution < -0.4 is 15.5 Å². The Bertz CT molecular complexity index is 698. The van der Waals surface area contributed by atoms with E-state index in [2.05, 4.69) is 35.8 Å². The quantitative estimate of drug-likeness (QED) is 0.492. The highest BCUT2D eigenvalue weighted by Gasteiger charge is 2.06. The maximum Gasteiger partial charge on any atom is 0.191 e. The van der Waals surface area contributed by atoms with Gasteiger partial charge in [0.1, 0.15) is 5.75 Å². The van der Waals surface area contributed by atoms with Gasteiger partial charge in [0.15, 0.2) is 5.11 Å². The topological polar surface area (TPSA) is 45.6 Å². The van der Waals surface area contributed by atoms with Crippen molar-refractivity contribution >= 4 is 29.2 Å². The summed E-state index contributed by atoms with van der Waals surface area (Å²) in [5, 5.41) is 7.79. The van der Waals surface area contributed by atoms with Gasteiger partial charge < -0.3 is 10.1 Å². The molecule has 0 saturated carbocycles. The molecular weight excluding hydrogens is 306 g/mol. The normalized spacial score (nSPS) is 10.8. The van der Waals surface area contributed by atoms with E-state index in [0.29, 0.717) is 11.0 Å². The van der Waals surface area contributed by atoms with Crippen LogP contribution in [0.4, 0.5) is 5.69 Å². The number of thiocarbonyl (C=S) groups is 1. The van der Waals surface area contributed by atoms with Crippen LogP contribution in [0.15, 0.2) is 53.6 Å². The third-order valence-electron chi connectivity index (χ3n) is 3.34. The van der Waals surface area contributed by atoms with Crippen LogP contribution in [0.1, 0.15) is 30.9 Å². The molecule has 2 rings (SSSR count). The second-order valence-corrected chi connectivity index (χ2v) is 5.72. The molecule has 2 aromatic rings. The largest absolute Gasteiger partial charge is 0.496 e. The van der Waals surface area contributed by atoms with Crippen LogP contribution in [-0.4, -0.2) is 18.4 Å². The number of rotatable bonds is 5. The maximum absolute atomic E-state index is 5.29. The lowest BCUT2D eigenvalue weighted by molar-refractivity contribution is 0.414. The fourth-order valence-electron chi connectivity index (χ4n) is 2.20. The lowest BCUT2D eigenvalue weighted by Crippen LogP contribution is -2.24. The van der Waals surface area contributed by atoms with E-state index in [1.165, 1.54) is 5.56 Å². The fraction of sp³-hybridized carbons (Fsp3) is 0.222. The summed E-state index contributed by atoms with van der Waals surface area (Å²) in [6, 6.07) is 15.8. The molecule has 0 heterocycles. The molecule has 4 nitrogen and oxygen atoms in total. The summed E-state index contributed by atoms with van der Waals surface area (Å²) < 4.78 is 5.27. The Balaban J connectivity index is 1.99. The van der Waals surface area contributed by atoms with Gasteiger partial charge in [-0.3, -0.25) is 5.43 Å². The van der Waals surface area contributed by atoms with E-state index in [1.807, 2.05) is 42.5 Å². The van der Waals surface area contributed by atoms with E-state index in [0.717, 1.165) is 17.0 Å². The lowest BCUT2D eigenvalue weighted by Gasteiger charge is -2.14. The second kappa shape index (κ2) is 8.29. The van der Waals surface area contributed by atoms with Gasteiger partial charge in [0.2, 0.25) is 0 Å². The molecule has 0 saturated heterocycles. The number of methoxy groups -OCH3 is 1. The molecule has 120 valence electrons. The van der Waals surface area contributed by atoms with Gasteiger partial charge in [-0.25, -0.2) is 0 Å². The highest BCUT2D eigenvalue weighted by atomic mass is 32.1. The number of ether oxygens (including phenoxy) is 1. The molecule has 2 N–H and O–H groups in total. The summed E-state index contributed by atoms with van der Waals surface area (Å²) in [6.07, 6.45) is 1.68. The van der Waals surface area contributed by atoms with Gasteiger partial charge in [0.25, 0.3) is 0 Å². The second-order valence-electron chi connectivity index (χ2n) is 5.31. The minimum absolute atomic E-state index is 0.415. The molecule has 0 aliphatic carbocycles. The van der Waals surface area contributed by atoms with Crippen LogP contribution in [0.5, 0.6) is 5.75 Å². The third kappa shape index (κ3) is 4.79. The molecule has 0 atom stereocenters. The first-order chi connectivity index (χ1) is 11.1. The van der Waals surface area contributed by atoms with Crippen molar-refractivity contribution in [3.8, 4) is 5.75 Å². The predicted octanol–water partition coefficient (Wildman–Crippen LogP) is 4.14. The van der Waals surface area contributed by atoms with Crippen molar-refractivity contribution in [2.24, 2.45) is 5.10 Å². The summed E-state index contributed by atoms with van der Waals surface area (Å²) in [5.74, 6) is 1.18. The van der Waals surface area contributed by atoms with Crippen LogP contribution in [0.2, 0.25) is 0 Å². The van der Waals surface area contributed by atoms with Gasteiger partial charge in [0.05, 0.1) is 13.3 Å². The average molecular weight is 327 g/mol. The zero-order valence-electron chi connectivity index (χ0n) is 13.5. The summed E-state index contributed by atoms with van der Waals surface area (Å²) >= 11 is 5.29. The van der Waals surface area contributed by atoms with Crippen molar-refractivity contribution in [2.75, 3.05) is 12.4 Å². The van der Waals surface area contributed by atoms with Gasteiger partial charge in [0, 0.05) is 11.3 Å². The van der Waals surface area contributed by atoms with Crippen LogP contribution >= 0.6 is 12.2 Å². The van der Waals surface area contributed by atoms with Crippen molar-refractivity contribution < 1.29 is 4.74 Å². The SMILES string of the molecule is COc1ccccc1/C=N/NC(=S)Nc1ccccc1C(C)C. The number of hydrogen-bond acceptors (Lipinski definition) is 3. The lowest BCUT2D eigenvalue weighted by atomic mass is 10.0. The Morgan fingerprint density at radius 2 is 1.83 bits per heavy atom. The Morgan fingerprint density at radius 3 is 2.57 bits per heavy atom. The van der Waals surface area contributed by atoms with Crippen molar-refractivity contribution in [3.05, 3.63) is 59.7 Å². The molecule has 0 aromatic heterocycles. The van der Waals surface area contributed by atoms with Crippen molar-refractivity contribution in [3.63, 3.8) is 0 Å². The Hall–Kier alpha value is -2.40. The smallest absolute Gasteiger partial charge is 0.191 e. The van der Waals surface area contributed by atoms with Crippen molar-refractivity contribution in [1.29, 1.82) is 0 Å². The van der Waals surface area contributed by atoms with E-state index < -0.39 is 0 Å². The monoisotopic (exact) mass is 327 g/mol. The van der Waals surface area contributed by atoms with Crippen LogP contribution in [0.3, 0.4) is 0 Å². The summed E-state index contributed by atoms with van der Waals surface area (Å²) in [6.45, 7) is 4.30. The average Bonchev–Trinajstić information content (AvgIpc) is 2.55. The Labute approximate surface area is 142 Å². The zero-order valence-corrected chi connectivity index (χ0v) is 14.4. The number of para-hydroxylation sites is 2. The van der Waals surface area contributed by atoms with Gasteiger partial charge in [-0.2, -0.15) is 5.10 Å². The standard InChI is InChI=1S/C18H21N3OS/c1-13(2)15-9-5-6-10-16(15)20-18(23)21-19-12-14-8-4-7-11-17(14)22-3/h4-13H,1-3H3,(H2,20,21,23)/b19-12+. The molecule has 0 aliphatic heterocycles. The van der Waals surface area contributed by atoms with E-state index >= 15 is 0 Å². The minimum Gasteiger partial charge on any atom is -0.496 e. The van der Waals surface area contributed by atoms with Crippen LogP contribution in [-0.2, 0) is 0 Å². The summed E-state index contributed by atoms with van der Waals surface area (Å²) in [7, 11) is 1.63. The molecule has 0 fully saturated rings. The van der Waals surface area contributed by atoms with E-state index in [1.54, 1.807) is 13.3 Å². The highest BCUT2D eigenvalue weighted by molar-refractivity contribution is 7.80. The maximum atomic E-state index is 5.29. The molecular formula is C18H21N3OS. The number of nitrogens with zero attached hydrogens (tertiary/aromatic N) is 1. The molecule has 2 aromatic carbocycles. The van der Waals surface area contributed by atoms with Gasteiger partial charge in [-0.1, -0.05) is 44.2 Å². The molecule has 0 amide bonds. The molecule has 0 unspecified atom stereocenters. The first-order valence-electron chi connectivity index (χ1n) is 7.44. The Kier molecular flexibility index (Phi) is 6.11. The van der Waals surface area contributed by atoms with Gasteiger partial charge >= 0.3 is 0 Å². The number of nitrogens with one attached hydrogen (secondary N) is 2. The number of benzene rings is 2. The first kappa shape index (κ1) is 17.0. The fourth-order valence-corrected chi connectivity index (χ4v) is 2.36. The molecule has 23 heavy (non-hydrogen) atoms. The van der Waals surface area contributed by atoms with E-state index in [9.17, 15) is 0 Å². The van der Waals surface area contributed by atoms with E-state index in [4.69, 9.17) is 17.0 Å². The zero-order chi connectivity index (χ0) is 16.7. The summed E-state index contributed by atoms with van der Waals surface area (Å²) in [4.78, 5) is 0. The minimum atomic E-state index is 0.415. The molecule has 0 bridgehead atoms. The highest BCUT2D eigenvalue weighted by Crippen LogP contribution is 2.23. The van der Waals surface area contributed by atoms with Gasteiger partial charge in [-0.15, -0.1) is 0 Å². The third-order valence-corrected chi connectivity index (χ3v) is 3.53. The molecule has 0 radical (unpaired) electrons. The Morgan fingerprint density at radius 1 is 1.13 bits per heavy atom. The van der Waals surface area contributed by atoms with Crippen molar-refractivity contribution in [2.45, 2.75) is 19.8 Å². The van der Waals surface area contributed by atoms with Gasteiger partial charge in [-0.05, 0) is 41.9 Å². The van der Waals surface area contributed by atoms with Crippen molar-refractivity contribution in [1.82, 2.24) is 5.43 Å². The number of hydrazone groups is 1. The van der Waals surface area contributed by atoms with Crippen LogP contribution in [0.25, 0.3) is 0 Å². The molecule has 0 spiro atoms. The summed E-state index contributed by atoms with van der Waals surface area (Å²) in [5.41, 5.74) is 5.92. The number of anilines is 1. The first-order valence-corrected chi connectivity index (χ1v) is 7.84. The van der Waals surface area contributed by atoms with E-state index in [-0.39, 0.29) is 0 Å². The van der Waals surface area contributed by atoms with Crippen LogP contribution in [0, 0.1) is 0 Å². The molecule has 0 aliphatic rings. The predicted molar refractivity (Wildman–Crippen MR) is 100 cm³/mol.